The number of aliphatic hydroxyl groups is 1. The number of nitrogens with zero attached hydrogens (tertiary/aromatic N) is 1. The monoisotopic (exact) mass is 427 g/mol. The number of rotatable bonds is 8. The number of carbonyl (C=O) groups excluding carboxylic acids is 2. The predicted molar refractivity (Wildman–Crippen MR) is 114 cm³/mol. The zero-order valence-electron chi connectivity index (χ0n) is 17.9. The minimum Gasteiger partial charge on any atom is -0.507 e. The maximum atomic E-state index is 13.5. The first-order valence-electron chi connectivity index (χ1n) is 10.2. The maximum Gasteiger partial charge on any atom is 0.295 e. The minimum atomic E-state index is -0.826. The van der Waals surface area contributed by atoms with Gasteiger partial charge in [0.15, 0.2) is 0 Å². The molecular formula is C24H26FNO5. The summed E-state index contributed by atoms with van der Waals surface area (Å²) in [6, 6.07) is 9.58. The maximum absolute atomic E-state index is 13.5. The highest BCUT2D eigenvalue weighted by atomic mass is 19.1. The summed E-state index contributed by atoms with van der Waals surface area (Å²) in [6.07, 6.45) is 2.55. The van der Waals surface area contributed by atoms with E-state index in [4.69, 9.17) is 9.47 Å². The Hall–Kier alpha value is -3.35. The van der Waals surface area contributed by atoms with Crippen molar-refractivity contribution in [2.75, 3.05) is 20.8 Å². The number of ketones is 1. The molecule has 1 atom stereocenters. The lowest BCUT2D eigenvalue weighted by atomic mass is 9.94. The Balaban J connectivity index is 2.18. The van der Waals surface area contributed by atoms with Crippen LogP contribution >= 0.6 is 0 Å². The molecule has 0 aliphatic carbocycles. The molecule has 0 spiro atoms. The van der Waals surface area contributed by atoms with Crippen molar-refractivity contribution in [3.05, 3.63) is 65.0 Å². The summed E-state index contributed by atoms with van der Waals surface area (Å²) in [5.41, 5.74) is 0.723. The van der Waals surface area contributed by atoms with E-state index < -0.39 is 23.5 Å². The van der Waals surface area contributed by atoms with Crippen molar-refractivity contribution >= 4 is 17.4 Å². The molecule has 1 unspecified atom stereocenters. The van der Waals surface area contributed by atoms with Gasteiger partial charge in [0.05, 0.1) is 31.4 Å². The summed E-state index contributed by atoms with van der Waals surface area (Å²) in [5, 5.41) is 11.2. The normalized spacial score (nSPS) is 17.8. The van der Waals surface area contributed by atoms with Crippen molar-refractivity contribution in [3.8, 4) is 11.5 Å². The molecule has 1 heterocycles. The molecule has 6 nitrogen and oxygen atoms in total. The molecule has 0 radical (unpaired) electrons. The number of unbranched alkanes of at least 4 members (excludes halogenated alkanes) is 2. The van der Waals surface area contributed by atoms with Crippen LogP contribution in [0.2, 0.25) is 0 Å². The first-order chi connectivity index (χ1) is 14.9. The molecule has 3 rings (SSSR count). The largest absolute Gasteiger partial charge is 0.507 e. The Morgan fingerprint density at radius 1 is 1.06 bits per heavy atom. The Kier molecular flexibility index (Phi) is 6.95. The van der Waals surface area contributed by atoms with Gasteiger partial charge in [-0.05, 0) is 42.3 Å². The fourth-order valence-electron chi connectivity index (χ4n) is 3.78. The molecule has 7 heteroatoms. The number of methoxy groups -OCH3 is 2. The van der Waals surface area contributed by atoms with Crippen LogP contribution in [0.1, 0.15) is 43.4 Å². The van der Waals surface area contributed by atoms with Crippen molar-refractivity contribution in [2.45, 2.75) is 32.2 Å². The Morgan fingerprint density at radius 3 is 2.39 bits per heavy atom. The third-order valence-corrected chi connectivity index (χ3v) is 5.39. The van der Waals surface area contributed by atoms with Crippen LogP contribution in [0.4, 0.5) is 4.39 Å². The molecule has 2 aromatic carbocycles. The highest BCUT2D eigenvalue weighted by molar-refractivity contribution is 6.46. The summed E-state index contributed by atoms with van der Waals surface area (Å²) < 4.78 is 24.1. The fourth-order valence-corrected chi connectivity index (χ4v) is 3.78. The number of hydrogen-bond acceptors (Lipinski definition) is 5. The van der Waals surface area contributed by atoms with Crippen LogP contribution < -0.4 is 9.47 Å². The third-order valence-electron chi connectivity index (χ3n) is 5.39. The molecule has 1 saturated heterocycles. The van der Waals surface area contributed by atoms with Gasteiger partial charge in [0, 0.05) is 6.54 Å². The van der Waals surface area contributed by atoms with Crippen LogP contribution in [0, 0.1) is 5.82 Å². The van der Waals surface area contributed by atoms with Crippen molar-refractivity contribution in [1.82, 2.24) is 4.90 Å². The molecule has 1 aliphatic rings. The number of hydrogen-bond donors (Lipinski definition) is 1. The smallest absolute Gasteiger partial charge is 0.295 e. The number of Topliss-reactive ketones (excluding diaryl/α,β-unsaturated/α-hetero) is 1. The number of likely N-dealkylation sites (tertiary alicyclic amines) is 1. The lowest BCUT2D eigenvalue weighted by Crippen LogP contribution is -2.30. The van der Waals surface area contributed by atoms with Gasteiger partial charge >= 0.3 is 0 Å². The number of halogens is 1. The van der Waals surface area contributed by atoms with Gasteiger partial charge in [-0.25, -0.2) is 4.39 Å². The Bertz CT molecular complexity index is 1000. The quantitative estimate of drug-likeness (QED) is 0.291. The van der Waals surface area contributed by atoms with Gasteiger partial charge in [0.1, 0.15) is 23.1 Å². The number of amides is 1. The average molecular weight is 427 g/mol. The predicted octanol–water partition coefficient (Wildman–Crippen LogP) is 4.45. The molecule has 1 aliphatic heterocycles. The fraction of sp³-hybridized carbons (Fsp3) is 0.333. The van der Waals surface area contributed by atoms with E-state index in [2.05, 4.69) is 0 Å². The number of ether oxygens (including phenoxy) is 2. The highest BCUT2D eigenvalue weighted by Crippen LogP contribution is 2.41. The average Bonchev–Trinajstić information content (AvgIpc) is 3.03. The molecule has 1 fully saturated rings. The van der Waals surface area contributed by atoms with Crippen LogP contribution in [-0.4, -0.2) is 42.5 Å². The second-order valence-corrected chi connectivity index (χ2v) is 7.32. The first kappa shape index (κ1) is 22.3. The lowest BCUT2D eigenvalue weighted by Gasteiger charge is -2.25. The van der Waals surface area contributed by atoms with Gasteiger partial charge in [0.25, 0.3) is 11.7 Å². The van der Waals surface area contributed by atoms with E-state index in [0.29, 0.717) is 30.0 Å². The van der Waals surface area contributed by atoms with E-state index in [1.807, 2.05) is 6.92 Å². The van der Waals surface area contributed by atoms with Crippen LogP contribution in [0.25, 0.3) is 5.76 Å². The van der Waals surface area contributed by atoms with Gasteiger partial charge in [-0.3, -0.25) is 9.59 Å². The highest BCUT2D eigenvalue weighted by Gasteiger charge is 2.46. The summed E-state index contributed by atoms with van der Waals surface area (Å²) in [4.78, 5) is 27.3. The summed E-state index contributed by atoms with van der Waals surface area (Å²) >= 11 is 0. The number of aliphatic hydroxyl groups excluding tert-OH is 1. The van der Waals surface area contributed by atoms with E-state index in [-0.39, 0.29) is 16.9 Å². The molecule has 0 aromatic heterocycles. The van der Waals surface area contributed by atoms with Crippen molar-refractivity contribution in [3.63, 3.8) is 0 Å². The summed E-state index contributed by atoms with van der Waals surface area (Å²) in [5.74, 6) is -1.48. The number of benzene rings is 2. The molecule has 164 valence electrons. The van der Waals surface area contributed by atoms with Crippen molar-refractivity contribution in [2.24, 2.45) is 0 Å². The number of carbonyl (C=O) groups is 2. The molecule has 1 amide bonds. The lowest BCUT2D eigenvalue weighted by molar-refractivity contribution is -0.139. The second-order valence-electron chi connectivity index (χ2n) is 7.32. The topological polar surface area (TPSA) is 76.1 Å². The second kappa shape index (κ2) is 9.64. The van der Waals surface area contributed by atoms with E-state index in [1.54, 1.807) is 18.2 Å². The zero-order chi connectivity index (χ0) is 22.5. The van der Waals surface area contributed by atoms with Gasteiger partial charge in [-0.2, -0.15) is 0 Å². The van der Waals surface area contributed by atoms with Crippen LogP contribution in [0.5, 0.6) is 11.5 Å². The van der Waals surface area contributed by atoms with E-state index in [0.717, 1.165) is 12.8 Å². The van der Waals surface area contributed by atoms with Crippen LogP contribution in [0.15, 0.2) is 48.0 Å². The van der Waals surface area contributed by atoms with E-state index in [9.17, 15) is 19.1 Å². The first-order valence-corrected chi connectivity index (χ1v) is 10.2. The molecule has 2 aromatic rings. The van der Waals surface area contributed by atoms with Gasteiger partial charge in [-0.1, -0.05) is 31.9 Å². The van der Waals surface area contributed by atoms with Crippen LogP contribution in [-0.2, 0) is 9.59 Å². The molecular weight excluding hydrogens is 401 g/mol. The SMILES string of the molecule is CCCCCN1C(=O)C(=O)/C(=C(/O)c2cc(OC)ccc2OC)C1c1ccc(F)cc1. The summed E-state index contributed by atoms with van der Waals surface area (Å²) in [6.45, 7) is 2.40. The zero-order valence-corrected chi connectivity index (χ0v) is 17.9. The Labute approximate surface area is 180 Å². The van der Waals surface area contributed by atoms with Gasteiger partial charge in [0.2, 0.25) is 0 Å². The molecule has 0 bridgehead atoms. The molecule has 0 saturated carbocycles. The molecule has 1 N–H and O–H groups in total. The summed E-state index contributed by atoms with van der Waals surface area (Å²) in [7, 11) is 2.93. The molecule has 31 heavy (non-hydrogen) atoms. The minimum absolute atomic E-state index is 0.0559. The third kappa shape index (κ3) is 4.40. The van der Waals surface area contributed by atoms with Crippen molar-refractivity contribution in [1.29, 1.82) is 0 Å². The Morgan fingerprint density at radius 2 is 1.77 bits per heavy atom. The van der Waals surface area contributed by atoms with Crippen LogP contribution in [0.3, 0.4) is 0 Å². The van der Waals surface area contributed by atoms with Gasteiger partial charge < -0.3 is 19.5 Å². The van der Waals surface area contributed by atoms with E-state index >= 15 is 0 Å². The van der Waals surface area contributed by atoms with E-state index in [1.165, 1.54) is 43.4 Å². The van der Waals surface area contributed by atoms with Crippen molar-refractivity contribution < 1.29 is 28.6 Å². The van der Waals surface area contributed by atoms with Gasteiger partial charge in [-0.15, -0.1) is 0 Å². The standard InChI is InChI=1S/C24H26FNO5/c1-4-5-6-13-26-21(15-7-9-16(25)10-8-15)20(23(28)24(26)29)22(27)18-14-17(30-2)11-12-19(18)31-3/h7-12,14,21,27H,4-6,13H2,1-3H3/b22-20+.